The zero-order valence-corrected chi connectivity index (χ0v) is 10.4. The Morgan fingerprint density at radius 2 is 1.65 bits per heavy atom. The lowest BCUT2D eigenvalue weighted by molar-refractivity contribution is -0.125. The van der Waals surface area contributed by atoms with Crippen molar-refractivity contribution in [2.45, 2.75) is 18.2 Å². The third-order valence-electron chi connectivity index (χ3n) is 4.02. The minimum absolute atomic E-state index is 0.0188. The van der Waals surface area contributed by atoms with Crippen LogP contribution in [0.15, 0.2) is 24.3 Å². The van der Waals surface area contributed by atoms with Crippen molar-refractivity contribution in [2.24, 2.45) is 0 Å². The zero-order chi connectivity index (χ0) is 13.9. The molecule has 0 radical (unpaired) electrons. The molecule has 3 atom stereocenters. The van der Waals surface area contributed by atoms with Gasteiger partial charge in [-0.25, -0.2) is 0 Å². The van der Waals surface area contributed by atoms with E-state index in [0.29, 0.717) is 11.1 Å². The summed E-state index contributed by atoms with van der Waals surface area (Å²) < 4.78 is 10.8. The van der Waals surface area contributed by atoms with Gasteiger partial charge in [-0.3, -0.25) is 19.3 Å². The van der Waals surface area contributed by atoms with E-state index in [-0.39, 0.29) is 30.8 Å². The fourth-order valence-corrected chi connectivity index (χ4v) is 3.06. The minimum Gasteiger partial charge on any atom is -0.365 e. The average Bonchev–Trinajstić information content (AvgIpc) is 3.09. The molecule has 2 fully saturated rings. The molecule has 3 heterocycles. The van der Waals surface area contributed by atoms with Crippen LogP contribution in [-0.2, 0) is 14.3 Å². The molecule has 3 aliphatic rings. The van der Waals surface area contributed by atoms with Crippen LogP contribution < -0.4 is 0 Å². The lowest BCUT2D eigenvalue weighted by Crippen LogP contribution is -2.47. The van der Waals surface area contributed by atoms with Gasteiger partial charge in [0, 0.05) is 0 Å². The molecular weight excluding hydrogens is 262 g/mol. The monoisotopic (exact) mass is 273 g/mol. The predicted octanol–water partition coefficient (Wildman–Crippen LogP) is 0.0179. The Balaban J connectivity index is 1.70. The van der Waals surface area contributed by atoms with Crippen LogP contribution in [0.25, 0.3) is 0 Å². The maximum atomic E-state index is 12.4. The van der Waals surface area contributed by atoms with E-state index in [1.54, 1.807) is 24.3 Å². The van der Waals surface area contributed by atoms with Crippen LogP contribution in [0.1, 0.15) is 20.7 Å². The average molecular weight is 273 g/mol. The number of hydrogen-bond acceptors (Lipinski definition) is 5. The highest BCUT2D eigenvalue weighted by atomic mass is 16.6. The van der Waals surface area contributed by atoms with Crippen molar-refractivity contribution >= 4 is 17.6 Å². The summed E-state index contributed by atoms with van der Waals surface area (Å²) in [6.07, 6.45) is -1.19. The Labute approximate surface area is 114 Å². The van der Waals surface area contributed by atoms with E-state index >= 15 is 0 Å². The summed E-state index contributed by atoms with van der Waals surface area (Å²) in [4.78, 5) is 37.5. The van der Waals surface area contributed by atoms with Crippen LogP contribution in [0.5, 0.6) is 0 Å². The van der Waals surface area contributed by atoms with Gasteiger partial charge in [0.2, 0.25) is 0 Å². The Morgan fingerprint density at radius 3 is 2.30 bits per heavy atom. The number of fused-ring (bicyclic) bond motifs is 2. The molecule has 3 aliphatic heterocycles. The number of ketones is 1. The Hall–Kier alpha value is -2.05. The number of ether oxygens (including phenoxy) is 2. The van der Waals surface area contributed by atoms with Crippen molar-refractivity contribution in [3.63, 3.8) is 0 Å². The molecule has 2 saturated heterocycles. The highest BCUT2D eigenvalue weighted by Crippen LogP contribution is 2.33. The van der Waals surface area contributed by atoms with Crippen molar-refractivity contribution in [1.29, 1.82) is 0 Å². The first-order valence-corrected chi connectivity index (χ1v) is 6.41. The number of hydrogen-bond donors (Lipinski definition) is 0. The van der Waals surface area contributed by atoms with Crippen LogP contribution in [0.2, 0.25) is 0 Å². The molecule has 4 rings (SSSR count). The summed E-state index contributed by atoms with van der Waals surface area (Å²) in [5.41, 5.74) is 0.788. The number of amides is 2. The number of benzene rings is 1. The number of Topliss-reactive ketones (excluding diaryl/α,β-unsaturated/α-hetero) is 1. The first kappa shape index (κ1) is 11.7. The van der Waals surface area contributed by atoms with E-state index in [1.165, 1.54) is 4.90 Å². The molecule has 0 saturated carbocycles. The van der Waals surface area contributed by atoms with Crippen LogP contribution in [0, 0.1) is 0 Å². The van der Waals surface area contributed by atoms with Crippen molar-refractivity contribution in [3.05, 3.63) is 35.4 Å². The highest BCUT2D eigenvalue weighted by molar-refractivity contribution is 6.21. The minimum atomic E-state index is -0.649. The Morgan fingerprint density at radius 1 is 1.00 bits per heavy atom. The number of imide groups is 1. The fraction of sp³-hybridized carbons (Fsp3) is 0.357. The molecule has 0 N–H and O–H groups in total. The molecule has 0 aromatic heterocycles. The van der Waals surface area contributed by atoms with Gasteiger partial charge in [-0.1, -0.05) is 12.1 Å². The number of rotatable bonds is 1. The van der Waals surface area contributed by atoms with Crippen molar-refractivity contribution < 1.29 is 23.9 Å². The second-order valence-corrected chi connectivity index (χ2v) is 5.09. The third-order valence-corrected chi connectivity index (χ3v) is 4.02. The van der Waals surface area contributed by atoms with E-state index in [4.69, 9.17) is 9.47 Å². The first-order valence-electron chi connectivity index (χ1n) is 6.41. The second kappa shape index (κ2) is 3.97. The SMILES string of the molecule is O=C1CO[C@H]2[C@@H]1OC[C@@H]2N1C(=O)c2ccccc2C1=O. The van der Waals surface area contributed by atoms with Gasteiger partial charge in [0.25, 0.3) is 11.8 Å². The topological polar surface area (TPSA) is 72.9 Å². The Kier molecular flexibility index (Phi) is 2.33. The van der Waals surface area contributed by atoms with Crippen molar-refractivity contribution in [1.82, 2.24) is 4.90 Å². The molecular formula is C14H11NO5. The second-order valence-electron chi connectivity index (χ2n) is 5.09. The van der Waals surface area contributed by atoms with Crippen LogP contribution in [-0.4, -0.2) is 54.0 Å². The van der Waals surface area contributed by atoms with Crippen LogP contribution in [0.3, 0.4) is 0 Å². The van der Waals surface area contributed by atoms with E-state index in [2.05, 4.69) is 0 Å². The van der Waals surface area contributed by atoms with Gasteiger partial charge < -0.3 is 9.47 Å². The van der Waals surface area contributed by atoms with Crippen LogP contribution in [0.4, 0.5) is 0 Å². The summed E-state index contributed by atoms with van der Waals surface area (Å²) in [5.74, 6) is -0.820. The normalized spacial score (nSPS) is 31.9. The smallest absolute Gasteiger partial charge is 0.261 e. The van der Waals surface area contributed by atoms with E-state index in [9.17, 15) is 14.4 Å². The van der Waals surface area contributed by atoms with Gasteiger partial charge in [0.1, 0.15) is 18.8 Å². The molecule has 2 amide bonds. The molecule has 1 aromatic rings. The highest BCUT2D eigenvalue weighted by Gasteiger charge is 2.53. The lowest BCUT2D eigenvalue weighted by Gasteiger charge is -2.24. The summed E-state index contributed by atoms with van der Waals surface area (Å²) >= 11 is 0. The molecule has 0 aliphatic carbocycles. The summed E-state index contributed by atoms with van der Waals surface area (Å²) in [6.45, 7) is 0.127. The zero-order valence-electron chi connectivity index (χ0n) is 10.4. The van der Waals surface area contributed by atoms with Gasteiger partial charge in [-0.05, 0) is 12.1 Å². The van der Waals surface area contributed by atoms with Gasteiger partial charge in [0.15, 0.2) is 5.78 Å². The predicted molar refractivity (Wildman–Crippen MR) is 65.2 cm³/mol. The van der Waals surface area contributed by atoms with E-state index < -0.39 is 18.2 Å². The number of nitrogens with zero attached hydrogens (tertiary/aromatic N) is 1. The molecule has 0 spiro atoms. The van der Waals surface area contributed by atoms with Gasteiger partial charge in [0.05, 0.1) is 23.8 Å². The molecule has 6 nitrogen and oxygen atoms in total. The van der Waals surface area contributed by atoms with Crippen LogP contribution >= 0.6 is 0 Å². The Bertz CT molecular complexity index is 605. The standard InChI is InChI=1S/C14H11NO5/c16-10-6-20-11-9(5-19-12(10)11)15-13(17)7-3-1-2-4-8(7)14(15)18/h1-4,9,11-12H,5-6H2/t9-,11+,12+/m0/s1. The molecule has 6 heteroatoms. The van der Waals surface area contributed by atoms with E-state index in [0.717, 1.165) is 0 Å². The molecule has 0 bridgehead atoms. The third kappa shape index (κ3) is 1.37. The van der Waals surface area contributed by atoms with E-state index in [1.807, 2.05) is 0 Å². The fourth-order valence-electron chi connectivity index (χ4n) is 3.06. The maximum Gasteiger partial charge on any atom is 0.261 e. The van der Waals surface area contributed by atoms with Crippen molar-refractivity contribution in [3.8, 4) is 0 Å². The molecule has 0 unspecified atom stereocenters. The summed E-state index contributed by atoms with van der Waals surface area (Å²) in [5, 5.41) is 0. The summed E-state index contributed by atoms with van der Waals surface area (Å²) in [7, 11) is 0. The first-order chi connectivity index (χ1) is 9.68. The summed E-state index contributed by atoms with van der Waals surface area (Å²) in [6, 6.07) is 6.17. The van der Waals surface area contributed by atoms with Gasteiger partial charge in [-0.2, -0.15) is 0 Å². The number of carbonyl (C=O) groups excluding carboxylic acids is 3. The molecule has 20 heavy (non-hydrogen) atoms. The van der Waals surface area contributed by atoms with Gasteiger partial charge >= 0.3 is 0 Å². The number of carbonyl (C=O) groups is 3. The van der Waals surface area contributed by atoms with Gasteiger partial charge in [-0.15, -0.1) is 0 Å². The molecule has 102 valence electrons. The van der Waals surface area contributed by atoms with Crippen molar-refractivity contribution in [2.75, 3.05) is 13.2 Å². The lowest BCUT2D eigenvalue weighted by atomic mass is 10.1. The largest absolute Gasteiger partial charge is 0.365 e. The molecule has 1 aromatic carbocycles. The quantitative estimate of drug-likeness (QED) is 0.674. The maximum absolute atomic E-state index is 12.4.